The molecule has 2 aromatic rings. The van der Waals surface area contributed by atoms with E-state index in [9.17, 15) is 0 Å². The molecule has 0 fully saturated rings. The molecule has 0 atom stereocenters. The molecule has 4 heteroatoms. The van der Waals surface area contributed by atoms with Gasteiger partial charge in [0.25, 0.3) is 0 Å². The van der Waals surface area contributed by atoms with Crippen LogP contribution in [0.3, 0.4) is 0 Å². The van der Waals surface area contributed by atoms with Crippen LogP contribution in [0.2, 0.25) is 0 Å². The summed E-state index contributed by atoms with van der Waals surface area (Å²) in [7, 11) is 0. The Bertz CT molecular complexity index is 438. The Morgan fingerprint density at radius 3 is 2.39 bits per heavy atom. The van der Waals surface area contributed by atoms with Crippen molar-refractivity contribution in [1.29, 1.82) is 0 Å². The smallest absolute Gasteiger partial charge is 0.153 e. The van der Waals surface area contributed by atoms with Crippen LogP contribution < -0.4 is 0 Å². The first kappa shape index (κ1) is 16.6. The summed E-state index contributed by atoms with van der Waals surface area (Å²) >= 11 is 5.69. The Morgan fingerprint density at radius 1 is 1.22 bits per heavy atom. The molecule has 0 aliphatic rings. The first-order valence-corrected chi connectivity index (χ1v) is 6.85. The summed E-state index contributed by atoms with van der Waals surface area (Å²) in [5.74, 6) is 1.30. The molecule has 18 heavy (non-hydrogen) atoms. The highest BCUT2D eigenvalue weighted by molar-refractivity contribution is 6.17. The van der Waals surface area contributed by atoms with Crippen LogP contribution in [0, 0.1) is 6.92 Å². The SMILES string of the molecule is CC.CC.Cc1ccnc(-n2cc(CCl)cn2)c1. The highest BCUT2D eigenvalue weighted by Crippen LogP contribution is 2.08. The molecule has 0 bridgehead atoms. The molecular weight excluding hydrogens is 246 g/mol. The van der Waals surface area contributed by atoms with E-state index in [0.717, 1.165) is 16.9 Å². The fraction of sp³-hybridized carbons (Fsp3) is 0.429. The minimum atomic E-state index is 0.478. The van der Waals surface area contributed by atoms with Crippen molar-refractivity contribution in [2.45, 2.75) is 40.5 Å². The van der Waals surface area contributed by atoms with Gasteiger partial charge < -0.3 is 0 Å². The molecule has 2 aromatic heterocycles. The van der Waals surface area contributed by atoms with Gasteiger partial charge in [0.1, 0.15) is 0 Å². The zero-order chi connectivity index (χ0) is 14.0. The molecular formula is C14H22ClN3. The normalized spacial score (nSPS) is 8.78. The maximum absolute atomic E-state index is 5.69. The van der Waals surface area contributed by atoms with E-state index in [1.54, 1.807) is 17.1 Å². The van der Waals surface area contributed by atoms with Crippen molar-refractivity contribution in [3.8, 4) is 5.82 Å². The number of halogens is 1. The molecule has 0 spiro atoms. The van der Waals surface area contributed by atoms with Crippen molar-refractivity contribution in [2.75, 3.05) is 0 Å². The van der Waals surface area contributed by atoms with E-state index in [0.29, 0.717) is 5.88 Å². The summed E-state index contributed by atoms with van der Waals surface area (Å²) in [6.45, 7) is 10.0. The van der Waals surface area contributed by atoms with Crippen molar-refractivity contribution >= 4 is 11.6 Å². The first-order valence-electron chi connectivity index (χ1n) is 6.32. The number of pyridine rings is 1. The van der Waals surface area contributed by atoms with Crippen LogP contribution in [0.1, 0.15) is 38.8 Å². The number of hydrogen-bond acceptors (Lipinski definition) is 2. The topological polar surface area (TPSA) is 30.7 Å². The molecule has 0 aliphatic carbocycles. The predicted octanol–water partition coefficient (Wildman–Crippen LogP) is 4.37. The quantitative estimate of drug-likeness (QED) is 0.757. The van der Waals surface area contributed by atoms with Crippen LogP contribution in [0.4, 0.5) is 0 Å². The van der Waals surface area contributed by atoms with Crippen LogP contribution in [0.15, 0.2) is 30.7 Å². The van der Waals surface area contributed by atoms with E-state index in [-0.39, 0.29) is 0 Å². The molecule has 0 unspecified atom stereocenters. The largest absolute Gasteiger partial charge is 0.237 e. The third-order valence-corrected chi connectivity index (χ3v) is 2.23. The molecule has 100 valence electrons. The van der Waals surface area contributed by atoms with E-state index in [1.165, 1.54) is 0 Å². The number of hydrogen-bond donors (Lipinski definition) is 0. The van der Waals surface area contributed by atoms with E-state index in [4.69, 9.17) is 11.6 Å². The molecule has 0 N–H and O–H groups in total. The summed E-state index contributed by atoms with van der Waals surface area (Å²) in [5, 5.41) is 4.17. The van der Waals surface area contributed by atoms with Crippen molar-refractivity contribution in [3.63, 3.8) is 0 Å². The zero-order valence-electron chi connectivity index (χ0n) is 11.8. The first-order chi connectivity index (χ1) is 8.79. The van der Waals surface area contributed by atoms with Gasteiger partial charge >= 0.3 is 0 Å². The Labute approximate surface area is 115 Å². The average Bonchev–Trinajstić information content (AvgIpc) is 2.92. The Morgan fingerprint density at radius 2 is 1.89 bits per heavy atom. The van der Waals surface area contributed by atoms with Gasteiger partial charge in [-0.25, -0.2) is 9.67 Å². The predicted molar refractivity (Wildman–Crippen MR) is 78.3 cm³/mol. The van der Waals surface area contributed by atoms with E-state index < -0.39 is 0 Å². The van der Waals surface area contributed by atoms with Gasteiger partial charge in [-0.3, -0.25) is 0 Å². The lowest BCUT2D eigenvalue weighted by Gasteiger charge is -1.99. The summed E-state index contributed by atoms with van der Waals surface area (Å²) in [6.07, 6.45) is 5.40. The maximum Gasteiger partial charge on any atom is 0.153 e. The third kappa shape index (κ3) is 4.88. The van der Waals surface area contributed by atoms with Crippen molar-refractivity contribution in [3.05, 3.63) is 41.9 Å². The maximum atomic E-state index is 5.69. The number of aryl methyl sites for hydroxylation is 1. The summed E-state index contributed by atoms with van der Waals surface area (Å²) < 4.78 is 1.73. The van der Waals surface area contributed by atoms with E-state index in [1.807, 2.05) is 52.9 Å². The van der Waals surface area contributed by atoms with Crippen LogP contribution in [-0.2, 0) is 5.88 Å². The summed E-state index contributed by atoms with van der Waals surface area (Å²) in [6, 6.07) is 3.93. The monoisotopic (exact) mass is 267 g/mol. The third-order valence-electron chi connectivity index (χ3n) is 1.93. The second-order valence-electron chi connectivity index (χ2n) is 3.12. The molecule has 0 saturated heterocycles. The van der Waals surface area contributed by atoms with Gasteiger partial charge in [0.05, 0.1) is 12.1 Å². The second-order valence-corrected chi connectivity index (χ2v) is 3.39. The van der Waals surface area contributed by atoms with Gasteiger partial charge in [-0.15, -0.1) is 11.6 Å². The van der Waals surface area contributed by atoms with Crippen molar-refractivity contribution < 1.29 is 0 Å². The Balaban J connectivity index is 0.000000659. The highest BCUT2D eigenvalue weighted by Gasteiger charge is 2.00. The Hall–Kier alpha value is -1.35. The molecule has 0 aliphatic heterocycles. The number of nitrogens with zero attached hydrogens (tertiary/aromatic N) is 3. The van der Waals surface area contributed by atoms with E-state index in [2.05, 4.69) is 10.1 Å². The average molecular weight is 268 g/mol. The van der Waals surface area contributed by atoms with Crippen LogP contribution >= 0.6 is 11.6 Å². The molecule has 0 radical (unpaired) electrons. The number of aromatic nitrogens is 3. The van der Waals surface area contributed by atoms with E-state index >= 15 is 0 Å². The summed E-state index contributed by atoms with van der Waals surface area (Å²) in [4.78, 5) is 4.21. The van der Waals surface area contributed by atoms with Gasteiger partial charge in [0.2, 0.25) is 0 Å². The van der Waals surface area contributed by atoms with Gasteiger partial charge in [-0.2, -0.15) is 5.10 Å². The summed E-state index contributed by atoms with van der Waals surface area (Å²) in [5.41, 5.74) is 2.16. The molecule has 0 aromatic carbocycles. The lowest BCUT2D eigenvalue weighted by atomic mass is 10.3. The molecule has 0 amide bonds. The fourth-order valence-electron chi connectivity index (χ4n) is 1.20. The van der Waals surface area contributed by atoms with Gasteiger partial charge in [0, 0.05) is 18.0 Å². The standard InChI is InChI=1S/C10H10ClN3.2C2H6/c1-8-2-3-12-10(4-8)14-7-9(5-11)6-13-14;2*1-2/h2-4,6-7H,5H2,1H3;2*1-2H3. The number of rotatable bonds is 2. The fourth-order valence-corrected chi connectivity index (χ4v) is 1.34. The van der Waals surface area contributed by atoms with Crippen LogP contribution in [-0.4, -0.2) is 14.8 Å². The lowest BCUT2D eigenvalue weighted by molar-refractivity contribution is 0.844. The molecule has 3 nitrogen and oxygen atoms in total. The van der Waals surface area contributed by atoms with Gasteiger partial charge in [-0.1, -0.05) is 27.7 Å². The minimum Gasteiger partial charge on any atom is -0.237 e. The molecule has 2 rings (SSSR count). The second kappa shape index (κ2) is 9.66. The van der Waals surface area contributed by atoms with Gasteiger partial charge in [0.15, 0.2) is 5.82 Å². The molecule has 0 saturated carbocycles. The lowest BCUT2D eigenvalue weighted by Crippen LogP contribution is -1.97. The van der Waals surface area contributed by atoms with Crippen LogP contribution in [0.25, 0.3) is 5.82 Å². The van der Waals surface area contributed by atoms with Crippen molar-refractivity contribution in [2.24, 2.45) is 0 Å². The highest BCUT2D eigenvalue weighted by atomic mass is 35.5. The minimum absolute atomic E-state index is 0.478. The number of alkyl halides is 1. The zero-order valence-corrected chi connectivity index (χ0v) is 12.6. The Kier molecular flexibility index (Phi) is 8.93. The van der Waals surface area contributed by atoms with Crippen LogP contribution in [0.5, 0.6) is 0 Å². The van der Waals surface area contributed by atoms with Gasteiger partial charge in [-0.05, 0) is 24.6 Å². The van der Waals surface area contributed by atoms with Crippen molar-refractivity contribution in [1.82, 2.24) is 14.8 Å². The molecule has 2 heterocycles.